The number of rotatable bonds is 4. The molecule has 1 amide bonds. The number of amides is 1. The molecule has 5 heteroatoms. The lowest BCUT2D eigenvalue weighted by molar-refractivity contribution is 0.0951. The van der Waals surface area contributed by atoms with E-state index in [9.17, 15) is 4.79 Å². The van der Waals surface area contributed by atoms with Crippen molar-refractivity contribution in [2.75, 3.05) is 12.8 Å². The highest BCUT2D eigenvalue weighted by atomic mass is 79.9. The molecule has 2 aromatic carbocycles. The molecule has 0 bridgehead atoms. The maximum absolute atomic E-state index is 12.2. The summed E-state index contributed by atoms with van der Waals surface area (Å²) >= 11 is 3.44. The van der Waals surface area contributed by atoms with Gasteiger partial charge in [-0.2, -0.15) is 0 Å². The van der Waals surface area contributed by atoms with Crippen LogP contribution in [0.15, 0.2) is 46.9 Å². The van der Waals surface area contributed by atoms with E-state index in [1.165, 1.54) is 0 Å². The molecule has 20 heavy (non-hydrogen) atoms. The summed E-state index contributed by atoms with van der Waals surface area (Å²) in [5, 5.41) is 2.84. The van der Waals surface area contributed by atoms with Gasteiger partial charge in [-0.1, -0.05) is 34.1 Å². The van der Waals surface area contributed by atoms with Crippen molar-refractivity contribution in [2.45, 2.75) is 6.54 Å². The van der Waals surface area contributed by atoms with Gasteiger partial charge in [-0.3, -0.25) is 4.79 Å². The number of ether oxygens (including phenoxy) is 1. The summed E-state index contributed by atoms with van der Waals surface area (Å²) in [6, 6.07) is 12.7. The van der Waals surface area contributed by atoms with Gasteiger partial charge < -0.3 is 15.8 Å². The van der Waals surface area contributed by atoms with Crippen LogP contribution in [0.1, 0.15) is 15.9 Å². The van der Waals surface area contributed by atoms with Crippen LogP contribution in [0.25, 0.3) is 0 Å². The molecule has 0 spiro atoms. The molecule has 104 valence electrons. The third-order valence-corrected chi connectivity index (χ3v) is 3.68. The average molecular weight is 335 g/mol. The first kappa shape index (κ1) is 14.4. The molecule has 0 saturated carbocycles. The molecule has 0 aliphatic carbocycles. The zero-order chi connectivity index (χ0) is 14.5. The third kappa shape index (κ3) is 3.30. The van der Waals surface area contributed by atoms with Crippen LogP contribution in [-0.2, 0) is 6.54 Å². The van der Waals surface area contributed by atoms with Crippen molar-refractivity contribution in [3.05, 3.63) is 58.1 Å². The maximum atomic E-state index is 12.2. The fraction of sp³-hybridized carbons (Fsp3) is 0.133. The number of hydrogen-bond donors (Lipinski definition) is 2. The number of halogens is 1. The first-order valence-corrected chi connectivity index (χ1v) is 6.86. The van der Waals surface area contributed by atoms with Crippen molar-refractivity contribution >= 4 is 27.5 Å². The molecule has 2 rings (SSSR count). The predicted molar refractivity (Wildman–Crippen MR) is 82.7 cm³/mol. The molecule has 2 aromatic rings. The van der Waals surface area contributed by atoms with Crippen molar-refractivity contribution in [1.82, 2.24) is 5.32 Å². The standard InChI is InChI=1S/C15H15BrN2O2/c1-20-11-6-7-14(17)12(8-11)15(19)18-9-10-4-2-3-5-13(10)16/h2-8H,9,17H2,1H3,(H,18,19). The van der Waals surface area contributed by atoms with Gasteiger partial charge in [0.25, 0.3) is 5.91 Å². The largest absolute Gasteiger partial charge is 0.497 e. The second-order valence-electron chi connectivity index (χ2n) is 4.23. The predicted octanol–water partition coefficient (Wildman–Crippen LogP) is 2.97. The number of nitrogens with two attached hydrogens (primary N) is 1. The highest BCUT2D eigenvalue weighted by Gasteiger charge is 2.11. The van der Waals surface area contributed by atoms with Crippen LogP contribution in [-0.4, -0.2) is 13.0 Å². The van der Waals surface area contributed by atoms with E-state index >= 15 is 0 Å². The highest BCUT2D eigenvalue weighted by Crippen LogP contribution is 2.20. The Morgan fingerprint density at radius 2 is 2.05 bits per heavy atom. The molecule has 0 saturated heterocycles. The molecule has 3 N–H and O–H groups in total. The van der Waals surface area contributed by atoms with Gasteiger partial charge in [-0.15, -0.1) is 0 Å². The Morgan fingerprint density at radius 1 is 1.30 bits per heavy atom. The molecule has 0 aliphatic rings. The van der Waals surface area contributed by atoms with Crippen molar-refractivity contribution in [1.29, 1.82) is 0 Å². The molecule has 0 atom stereocenters. The van der Waals surface area contributed by atoms with E-state index in [1.807, 2.05) is 24.3 Å². The third-order valence-electron chi connectivity index (χ3n) is 2.90. The van der Waals surface area contributed by atoms with Crippen molar-refractivity contribution in [3.63, 3.8) is 0 Å². The minimum Gasteiger partial charge on any atom is -0.497 e. The molecule has 0 fully saturated rings. The van der Waals surface area contributed by atoms with Crippen LogP contribution in [0, 0.1) is 0 Å². The van der Waals surface area contributed by atoms with Crippen LogP contribution >= 0.6 is 15.9 Å². The number of nitrogens with one attached hydrogen (secondary N) is 1. The number of carbonyl (C=O) groups excluding carboxylic acids is 1. The lowest BCUT2D eigenvalue weighted by Crippen LogP contribution is -2.24. The Bertz CT molecular complexity index is 629. The van der Waals surface area contributed by atoms with Gasteiger partial charge in [0.2, 0.25) is 0 Å². The van der Waals surface area contributed by atoms with Gasteiger partial charge in [0.05, 0.1) is 12.7 Å². The normalized spacial score (nSPS) is 10.1. The van der Waals surface area contributed by atoms with Gasteiger partial charge in [0.15, 0.2) is 0 Å². The van der Waals surface area contributed by atoms with Crippen LogP contribution in [0.5, 0.6) is 5.75 Å². The lowest BCUT2D eigenvalue weighted by Gasteiger charge is -2.10. The highest BCUT2D eigenvalue weighted by molar-refractivity contribution is 9.10. The van der Waals surface area contributed by atoms with Gasteiger partial charge in [0, 0.05) is 16.7 Å². The van der Waals surface area contributed by atoms with E-state index in [4.69, 9.17) is 10.5 Å². The topological polar surface area (TPSA) is 64.3 Å². The van der Waals surface area contributed by atoms with Crippen molar-refractivity contribution in [2.24, 2.45) is 0 Å². The number of benzene rings is 2. The monoisotopic (exact) mass is 334 g/mol. The summed E-state index contributed by atoms with van der Waals surface area (Å²) in [4.78, 5) is 12.2. The fourth-order valence-electron chi connectivity index (χ4n) is 1.77. The first-order valence-electron chi connectivity index (χ1n) is 6.07. The molecule has 0 heterocycles. The Kier molecular flexibility index (Phi) is 4.63. The quantitative estimate of drug-likeness (QED) is 0.845. The number of carbonyl (C=O) groups is 1. The first-order chi connectivity index (χ1) is 9.61. The molecule has 4 nitrogen and oxygen atoms in total. The van der Waals surface area contributed by atoms with E-state index in [0.29, 0.717) is 23.5 Å². The Balaban J connectivity index is 2.11. The second kappa shape index (κ2) is 6.43. The van der Waals surface area contributed by atoms with Gasteiger partial charge in [-0.05, 0) is 29.8 Å². The van der Waals surface area contributed by atoms with Crippen molar-refractivity contribution < 1.29 is 9.53 Å². The van der Waals surface area contributed by atoms with Gasteiger partial charge in [0.1, 0.15) is 5.75 Å². The average Bonchev–Trinajstić information content (AvgIpc) is 2.46. The lowest BCUT2D eigenvalue weighted by atomic mass is 10.1. The second-order valence-corrected chi connectivity index (χ2v) is 5.08. The van der Waals surface area contributed by atoms with Crippen molar-refractivity contribution in [3.8, 4) is 5.75 Å². The summed E-state index contributed by atoms with van der Waals surface area (Å²) in [5.74, 6) is 0.377. The summed E-state index contributed by atoms with van der Waals surface area (Å²) in [5.41, 5.74) is 7.66. The zero-order valence-electron chi connectivity index (χ0n) is 11.0. The molecule has 0 unspecified atom stereocenters. The Hall–Kier alpha value is -2.01. The smallest absolute Gasteiger partial charge is 0.253 e. The zero-order valence-corrected chi connectivity index (χ0v) is 12.6. The van der Waals surface area contributed by atoms with Gasteiger partial charge >= 0.3 is 0 Å². The summed E-state index contributed by atoms with van der Waals surface area (Å²) in [6.45, 7) is 0.427. The molecule has 0 radical (unpaired) electrons. The number of methoxy groups -OCH3 is 1. The van der Waals surface area contributed by atoms with E-state index in [1.54, 1.807) is 25.3 Å². The minimum absolute atomic E-state index is 0.225. The van der Waals surface area contributed by atoms with E-state index in [0.717, 1.165) is 10.0 Å². The molecular weight excluding hydrogens is 320 g/mol. The van der Waals surface area contributed by atoms with Crippen LogP contribution < -0.4 is 15.8 Å². The Labute approximate surface area is 126 Å². The molecule has 0 aromatic heterocycles. The fourth-order valence-corrected chi connectivity index (χ4v) is 2.20. The summed E-state index contributed by atoms with van der Waals surface area (Å²) in [6.07, 6.45) is 0. The van der Waals surface area contributed by atoms with Crippen LogP contribution in [0.4, 0.5) is 5.69 Å². The number of anilines is 1. The summed E-state index contributed by atoms with van der Waals surface area (Å²) in [7, 11) is 1.55. The minimum atomic E-state index is -0.225. The SMILES string of the molecule is COc1ccc(N)c(C(=O)NCc2ccccc2Br)c1. The van der Waals surface area contributed by atoms with E-state index < -0.39 is 0 Å². The molecular formula is C15H15BrN2O2. The Morgan fingerprint density at radius 3 is 2.75 bits per heavy atom. The number of hydrogen-bond acceptors (Lipinski definition) is 3. The summed E-state index contributed by atoms with van der Waals surface area (Å²) < 4.78 is 6.06. The van der Waals surface area contributed by atoms with Crippen LogP contribution in [0.3, 0.4) is 0 Å². The van der Waals surface area contributed by atoms with E-state index in [-0.39, 0.29) is 5.91 Å². The molecule has 0 aliphatic heterocycles. The number of nitrogen functional groups attached to an aromatic ring is 1. The van der Waals surface area contributed by atoms with Gasteiger partial charge in [-0.25, -0.2) is 0 Å². The van der Waals surface area contributed by atoms with Crippen LogP contribution in [0.2, 0.25) is 0 Å². The maximum Gasteiger partial charge on any atom is 0.253 e. The van der Waals surface area contributed by atoms with E-state index in [2.05, 4.69) is 21.2 Å².